The van der Waals surface area contributed by atoms with Crippen LogP contribution < -0.4 is 10.6 Å². The Balaban J connectivity index is 1.71. The molecule has 2 aromatic rings. The highest BCUT2D eigenvalue weighted by Crippen LogP contribution is 2.50. The predicted molar refractivity (Wildman–Crippen MR) is 104 cm³/mol. The Morgan fingerprint density at radius 1 is 1.30 bits per heavy atom. The third kappa shape index (κ3) is 3.07. The monoisotopic (exact) mass is 363 g/mol. The van der Waals surface area contributed by atoms with Gasteiger partial charge in [-0.05, 0) is 48.6 Å². The van der Waals surface area contributed by atoms with Gasteiger partial charge in [0, 0.05) is 35.8 Å². The van der Waals surface area contributed by atoms with Crippen molar-refractivity contribution in [3.05, 3.63) is 81.4 Å². The highest BCUT2D eigenvalue weighted by molar-refractivity contribution is 5.95. The Hall–Kier alpha value is -3.15. The molecule has 27 heavy (non-hydrogen) atoms. The molecular formula is C21H21N3O3. The van der Waals surface area contributed by atoms with Crippen LogP contribution in [0.25, 0.3) is 0 Å². The quantitative estimate of drug-likeness (QED) is 0.485. The van der Waals surface area contributed by atoms with Crippen LogP contribution in [0.15, 0.2) is 54.6 Å². The molecule has 3 atom stereocenters. The summed E-state index contributed by atoms with van der Waals surface area (Å²) in [5, 5.41) is 17.5. The topological polar surface area (TPSA) is 84.3 Å². The molecule has 2 N–H and O–H groups in total. The molecule has 4 rings (SSSR count). The second kappa shape index (κ2) is 6.87. The summed E-state index contributed by atoms with van der Waals surface area (Å²) in [6.07, 6.45) is 5.25. The number of nitrogens with zero attached hydrogens (tertiary/aromatic N) is 1. The number of hydrogen-bond donors (Lipinski definition) is 2. The van der Waals surface area contributed by atoms with E-state index in [1.54, 1.807) is 12.1 Å². The number of allylic oxidation sites excluding steroid dienone is 2. The number of nitrogens with one attached hydrogen (secondary N) is 2. The Morgan fingerprint density at radius 3 is 2.93 bits per heavy atom. The van der Waals surface area contributed by atoms with Gasteiger partial charge >= 0.3 is 0 Å². The van der Waals surface area contributed by atoms with E-state index in [2.05, 4.69) is 22.8 Å². The third-order valence-corrected chi connectivity index (χ3v) is 5.40. The van der Waals surface area contributed by atoms with Crippen LogP contribution in [0.1, 0.15) is 46.8 Å². The van der Waals surface area contributed by atoms with Gasteiger partial charge in [-0.15, -0.1) is 0 Å². The molecule has 0 spiro atoms. The molecule has 0 aromatic heterocycles. The van der Waals surface area contributed by atoms with E-state index in [4.69, 9.17) is 0 Å². The van der Waals surface area contributed by atoms with Crippen molar-refractivity contribution in [3.8, 4) is 0 Å². The minimum Gasteiger partial charge on any atom is -0.378 e. The molecule has 2 aromatic carbocycles. The predicted octanol–water partition coefficient (Wildman–Crippen LogP) is 4.17. The van der Waals surface area contributed by atoms with Crippen molar-refractivity contribution >= 4 is 17.3 Å². The fraction of sp³-hybridized carbons (Fsp3) is 0.286. The summed E-state index contributed by atoms with van der Waals surface area (Å²) in [7, 11) is 0. The normalized spacial score (nSPS) is 22.5. The molecule has 1 heterocycles. The van der Waals surface area contributed by atoms with Gasteiger partial charge in [-0.1, -0.05) is 24.3 Å². The van der Waals surface area contributed by atoms with Crippen molar-refractivity contribution in [2.45, 2.75) is 25.3 Å². The van der Waals surface area contributed by atoms with Crippen LogP contribution in [-0.2, 0) is 0 Å². The molecule has 0 saturated heterocycles. The van der Waals surface area contributed by atoms with Gasteiger partial charge in [0.25, 0.3) is 11.6 Å². The summed E-state index contributed by atoms with van der Waals surface area (Å²) in [5.74, 6) is 0.392. The Kier molecular flexibility index (Phi) is 4.39. The zero-order valence-corrected chi connectivity index (χ0v) is 15.0. The maximum absolute atomic E-state index is 12.2. The largest absolute Gasteiger partial charge is 0.378 e. The zero-order valence-electron chi connectivity index (χ0n) is 15.0. The molecule has 0 saturated carbocycles. The van der Waals surface area contributed by atoms with Gasteiger partial charge in [0.15, 0.2) is 0 Å². The summed E-state index contributed by atoms with van der Waals surface area (Å²) >= 11 is 0. The molecule has 0 fully saturated rings. The van der Waals surface area contributed by atoms with E-state index in [0.717, 1.165) is 23.2 Å². The number of non-ortho nitro benzene ring substituents is 1. The number of carbonyl (C=O) groups excluding carboxylic acids is 1. The van der Waals surface area contributed by atoms with Crippen LogP contribution >= 0.6 is 0 Å². The van der Waals surface area contributed by atoms with Gasteiger partial charge < -0.3 is 10.6 Å². The smallest absolute Gasteiger partial charge is 0.269 e. The maximum Gasteiger partial charge on any atom is 0.269 e. The Bertz CT molecular complexity index is 938. The second-order valence-corrected chi connectivity index (χ2v) is 6.99. The summed E-state index contributed by atoms with van der Waals surface area (Å²) in [6.45, 7) is 2.49. The Morgan fingerprint density at radius 2 is 2.15 bits per heavy atom. The number of hydrogen-bond acceptors (Lipinski definition) is 4. The van der Waals surface area contributed by atoms with Crippen molar-refractivity contribution in [2.75, 3.05) is 11.9 Å². The van der Waals surface area contributed by atoms with Crippen molar-refractivity contribution in [3.63, 3.8) is 0 Å². The average Bonchev–Trinajstić information content (AvgIpc) is 3.17. The molecule has 1 aliphatic carbocycles. The first-order valence-electron chi connectivity index (χ1n) is 9.18. The van der Waals surface area contributed by atoms with Gasteiger partial charge in [-0.3, -0.25) is 14.9 Å². The molecule has 2 aliphatic rings. The highest BCUT2D eigenvalue weighted by atomic mass is 16.6. The first-order valence-corrected chi connectivity index (χ1v) is 9.18. The van der Waals surface area contributed by atoms with Crippen LogP contribution in [0, 0.1) is 16.0 Å². The lowest BCUT2D eigenvalue weighted by molar-refractivity contribution is -0.384. The molecule has 6 nitrogen and oxygen atoms in total. The van der Waals surface area contributed by atoms with E-state index in [1.807, 2.05) is 31.2 Å². The van der Waals surface area contributed by atoms with E-state index >= 15 is 0 Å². The van der Waals surface area contributed by atoms with E-state index in [9.17, 15) is 14.9 Å². The number of benzene rings is 2. The zero-order chi connectivity index (χ0) is 19.0. The fourth-order valence-electron chi connectivity index (χ4n) is 4.16. The number of nitro benzene ring substituents is 1. The third-order valence-electron chi connectivity index (χ3n) is 5.40. The lowest BCUT2D eigenvalue weighted by Crippen LogP contribution is -2.30. The van der Waals surface area contributed by atoms with Crippen molar-refractivity contribution in [2.24, 2.45) is 5.92 Å². The average molecular weight is 363 g/mol. The van der Waals surface area contributed by atoms with Gasteiger partial charge in [0.2, 0.25) is 0 Å². The van der Waals surface area contributed by atoms with Gasteiger partial charge in [0.05, 0.1) is 11.0 Å². The van der Waals surface area contributed by atoms with Gasteiger partial charge in [-0.2, -0.15) is 0 Å². The van der Waals surface area contributed by atoms with E-state index in [1.165, 1.54) is 6.07 Å². The standard InChI is InChI=1S/C21H21N3O3/c1-2-22-21(25)14-9-10-19-18(12-14)16-7-4-8-17(16)20(23-19)13-5-3-6-15(11-13)24(26)27/h3-7,9-12,16-17,20,23H,2,8H2,1H3,(H,22,25). The summed E-state index contributed by atoms with van der Waals surface area (Å²) < 4.78 is 0. The van der Waals surface area contributed by atoms with Crippen LogP contribution in [0.4, 0.5) is 11.4 Å². The van der Waals surface area contributed by atoms with Crippen molar-refractivity contribution in [1.82, 2.24) is 5.32 Å². The fourth-order valence-corrected chi connectivity index (χ4v) is 4.16. The van der Waals surface area contributed by atoms with Crippen LogP contribution in [0.5, 0.6) is 0 Å². The van der Waals surface area contributed by atoms with Gasteiger partial charge in [-0.25, -0.2) is 0 Å². The number of nitro groups is 1. The maximum atomic E-state index is 12.2. The first-order chi connectivity index (χ1) is 13.1. The molecule has 0 radical (unpaired) electrons. The molecule has 3 unspecified atom stereocenters. The van der Waals surface area contributed by atoms with Crippen LogP contribution in [-0.4, -0.2) is 17.4 Å². The molecule has 1 aliphatic heterocycles. The lowest BCUT2D eigenvalue weighted by Gasteiger charge is -2.37. The first kappa shape index (κ1) is 17.3. The number of rotatable bonds is 4. The van der Waals surface area contributed by atoms with E-state index in [0.29, 0.717) is 12.1 Å². The Labute approximate surface area is 157 Å². The highest BCUT2D eigenvalue weighted by Gasteiger charge is 2.38. The molecule has 138 valence electrons. The SMILES string of the molecule is CCNC(=O)c1ccc2c(c1)C1C=CCC1C(c1cccc([N+](=O)[O-])c1)N2. The number of amides is 1. The number of anilines is 1. The minimum atomic E-state index is -0.358. The van der Waals surface area contributed by atoms with E-state index in [-0.39, 0.29) is 34.4 Å². The minimum absolute atomic E-state index is 0.00674. The lowest BCUT2D eigenvalue weighted by atomic mass is 9.76. The van der Waals surface area contributed by atoms with Gasteiger partial charge in [0.1, 0.15) is 0 Å². The summed E-state index contributed by atoms with van der Waals surface area (Å²) in [6, 6.07) is 12.6. The van der Waals surface area contributed by atoms with Crippen molar-refractivity contribution in [1.29, 1.82) is 0 Å². The molecule has 0 bridgehead atoms. The molecular weight excluding hydrogens is 342 g/mol. The molecule has 1 amide bonds. The van der Waals surface area contributed by atoms with Crippen LogP contribution in [0.2, 0.25) is 0 Å². The molecule has 6 heteroatoms. The van der Waals surface area contributed by atoms with E-state index < -0.39 is 0 Å². The second-order valence-electron chi connectivity index (χ2n) is 6.99. The van der Waals surface area contributed by atoms with Crippen LogP contribution in [0.3, 0.4) is 0 Å². The number of fused-ring (bicyclic) bond motifs is 3. The summed E-state index contributed by atoms with van der Waals surface area (Å²) in [4.78, 5) is 23.0. The van der Waals surface area contributed by atoms with Crippen molar-refractivity contribution < 1.29 is 9.72 Å². The summed E-state index contributed by atoms with van der Waals surface area (Å²) in [5.41, 5.74) is 3.77. The number of carbonyl (C=O) groups is 1.